The molecule has 2 aromatic rings. The molecule has 6 nitrogen and oxygen atoms in total. The zero-order valence-corrected chi connectivity index (χ0v) is 12.8. The van der Waals surface area contributed by atoms with Crippen LogP contribution in [0.25, 0.3) is 0 Å². The Hall–Kier alpha value is -2.08. The van der Waals surface area contributed by atoms with Crippen LogP contribution in [0.4, 0.5) is 0 Å². The fourth-order valence-electron chi connectivity index (χ4n) is 2.17. The molecule has 0 amide bonds. The van der Waals surface area contributed by atoms with Crippen LogP contribution in [0.1, 0.15) is 34.4 Å². The van der Waals surface area contributed by atoms with Crippen molar-refractivity contribution in [3.05, 3.63) is 50.2 Å². The highest BCUT2D eigenvalue weighted by Gasteiger charge is 2.17. The predicted molar refractivity (Wildman–Crippen MR) is 79.1 cm³/mol. The molecule has 0 fully saturated rings. The summed E-state index contributed by atoms with van der Waals surface area (Å²) in [6, 6.07) is 2.93. The van der Waals surface area contributed by atoms with Gasteiger partial charge in [0.15, 0.2) is 0 Å². The van der Waals surface area contributed by atoms with Crippen molar-refractivity contribution in [3.8, 4) is 0 Å². The lowest BCUT2D eigenvalue weighted by Crippen LogP contribution is -2.28. The van der Waals surface area contributed by atoms with Crippen molar-refractivity contribution >= 4 is 17.6 Å². The quantitative estimate of drug-likeness (QED) is 0.935. The van der Waals surface area contributed by atoms with Crippen LogP contribution >= 0.6 is 11.6 Å². The maximum atomic E-state index is 12.2. The second-order valence-corrected chi connectivity index (χ2v) is 5.15. The molecule has 7 heteroatoms. The topological polar surface area (TPSA) is 77.1 Å². The Morgan fingerprint density at radius 3 is 2.62 bits per heavy atom. The van der Waals surface area contributed by atoms with Crippen LogP contribution in [0.2, 0.25) is 5.02 Å². The molecular weight excluding hydrogens is 294 g/mol. The molecule has 2 heterocycles. The summed E-state index contributed by atoms with van der Waals surface area (Å²) in [5.41, 5.74) is 1.31. The molecule has 2 aromatic heterocycles. The summed E-state index contributed by atoms with van der Waals surface area (Å²) < 4.78 is 3.02. The molecule has 0 saturated carbocycles. The van der Waals surface area contributed by atoms with Crippen molar-refractivity contribution in [2.45, 2.75) is 26.8 Å². The number of aromatic nitrogens is 3. The standard InChI is InChI=1S/C14H16ClN3O3/c1-4-10-12(15)11(17(3)16-10)7-18-8(2)5-6-9(13(18)19)14(20)21/h5-6H,4,7H2,1-3H3,(H,20,21). The van der Waals surface area contributed by atoms with Gasteiger partial charge < -0.3 is 9.67 Å². The highest BCUT2D eigenvalue weighted by Crippen LogP contribution is 2.21. The van der Waals surface area contributed by atoms with Crippen LogP contribution in [-0.2, 0) is 20.0 Å². The number of hydrogen-bond acceptors (Lipinski definition) is 3. The van der Waals surface area contributed by atoms with Crippen molar-refractivity contribution in [1.29, 1.82) is 0 Å². The summed E-state index contributed by atoms with van der Waals surface area (Å²) in [5, 5.41) is 13.9. The Bertz CT molecular complexity index is 762. The average molecular weight is 310 g/mol. The predicted octanol–water partition coefficient (Wildman–Crippen LogP) is 1.85. The Balaban J connectivity index is 2.55. The number of carbonyl (C=O) groups is 1. The van der Waals surface area contributed by atoms with E-state index in [2.05, 4.69) is 5.10 Å². The van der Waals surface area contributed by atoms with E-state index < -0.39 is 11.5 Å². The molecule has 0 aliphatic rings. The molecule has 0 saturated heterocycles. The third kappa shape index (κ3) is 2.71. The SMILES string of the molecule is CCc1nn(C)c(Cn2c(C)ccc(C(=O)O)c2=O)c1Cl. The van der Waals surface area contributed by atoms with Gasteiger partial charge in [0.05, 0.1) is 23.0 Å². The normalized spacial score (nSPS) is 10.9. The fourth-order valence-corrected chi connectivity index (χ4v) is 2.52. The Kier molecular flexibility index (Phi) is 4.18. The molecular formula is C14H16ClN3O3. The molecule has 0 bridgehead atoms. The summed E-state index contributed by atoms with van der Waals surface area (Å²) >= 11 is 6.27. The third-order valence-corrected chi connectivity index (χ3v) is 3.87. The highest BCUT2D eigenvalue weighted by atomic mass is 35.5. The minimum absolute atomic E-state index is 0.189. The summed E-state index contributed by atoms with van der Waals surface area (Å²) in [6.45, 7) is 3.88. The number of aromatic carboxylic acids is 1. The number of carboxylic acids is 1. The largest absolute Gasteiger partial charge is 0.477 e. The van der Waals surface area contributed by atoms with Gasteiger partial charge >= 0.3 is 5.97 Å². The second kappa shape index (κ2) is 5.73. The molecule has 112 valence electrons. The van der Waals surface area contributed by atoms with E-state index in [1.807, 2.05) is 6.92 Å². The van der Waals surface area contributed by atoms with Crippen LogP contribution in [0.15, 0.2) is 16.9 Å². The average Bonchev–Trinajstić information content (AvgIpc) is 2.69. The van der Waals surface area contributed by atoms with Crippen molar-refractivity contribution in [3.63, 3.8) is 0 Å². The molecule has 0 aliphatic carbocycles. The molecule has 0 unspecified atom stereocenters. The Morgan fingerprint density at radius 2 is 2.10 bits per heavy atom. The zero-order valence-electron chi connectivity index (χ0n) is 12.1. The lowest BCUT2D eigenvalue weighted by molar-refractivity contribution is 0.0694. The van der Waals surface area contributed by atoms with E-state index >= 15 is 0 Å². The highest BCUT2D eigenvalue weighted by molar-refractivity contribution is 6.31. The number of halogens is 1. The monoisotopic (exact) mass is 309 g/mol. The van der Waals surface area contributed by atoms with Gasteiger partial charge in [-0.25, -0.2) is 4.79 Å². The van der Waals surface area contributed by atoms with E-state index in [0.29, 0.717) is 22.8 Å². The van der Waals surface area contributed by atoms with E-state index in [-0.39, 0.29) is 12.1 Å². The third-order valence-electron chi connectivity index (χ3n) is 3.43. The Labute approximate surface area is 126 Å². The van der Waals surface area contributed by atoms with Gasteiger partial charge in [0, 0.05) is 12.7 Å². The number of carboxylic acid groups (broad SMARTS) is 1. The smallest absolute Gasteiger partial charge is 0.341 e. The second-order valence-electron chi connectivity index (χ2n) is 4.77. The van der Waals surface area contributed by atoms with Crippen molar-refractivity contribution in [2.75, 3.05) is 0 Å². The minimum Gasteiger partial charge on any atom is -0.477 e. The lowest BCUT2D eigenvalue weighted by atomic mass is 10.2. The van der Waals surface area contributed by atoms with Gasteiger partial charge in [0.2, 0.25) is 0 Å². The summed E-state index contributed by atoms with van der Waals surface area (Å²) in [5.74, 6) is -1.24. The fraction of sp³-hybridized carbons (Fsp3) is 0.357. The van der Waals surface area contributed by atoms with Gasteiger partial charge in [0.25, 0.3) is 5.56 Å². The van der Waals surface area contributed by atoms with E-state index in [9.17, 15) is 9.59 Å². The number of hydrogen-bond donors (Lipinski definition) is 1. The minimum atomic E-state index is -1.24. The van der Waals surface area contributed by atoms with Crippen molar-refractivity contribution in [1.82, 2.24) is 14.3 Å². The summed E-state index contributed by atoms with van der Waals surface area (Å²) in [7, 11) is 1.75. The molecule has 21 heavy (non-hydrogen) atoms. The van der Waals surface area contributed by atoms with Crippen molar-refractivity contribution in [2.24, 2.45) is 7.05 Å². The molecule has 0 atom stereocenters. The first-order valence-electron chi connectivity index (χ1n) is 6.50. The molecule has 1 N–H and O–H groups in total. The molecule has 0 aliphatic heterocycles. The van der Waals surface area contributed by atoms with Gasteiger partial charge in [-0.2, -0.15) is 5.10 Å². The molecule has 0 spiro atoms. The van der Waals surface area contributed by atoms with E-state index in [4.69, 9.17) is 16.7 Å². The number of aryl methyl sites for hydroxylation is 3. The Morgan fingerprint density at radius 1 is 1.43 bits per heavy atom. The maximum Gasteiger partial charge on any atom is 0.341 e. The van der Waals surface area contributed by atoms with E-state index in [1.54, 1.807) is 24.7 Å². The van der Waals surface area contributed by atoms with E-state index in [0.717, 1.165) is 5.69 Å². The first-order chi connectivity index (χ1) is 9.86. The van der Waals surface area contributed by atoms with Gasteiger partial charge in [-0.1, -0.05) is 18.5 Å². The molecule has 0 aromatic carbocycles. The number of rotatable bonds is 4. The number of nitrogens with zero attached hydrogens (tertiary/aromatic N) is 3. The van der Waals surface area contributed by atoms with Crippen molar-refractivity contribution < 1.29 is 9.90 Å². The summed E-state index contributed by atoms with van der Waals surface area (Å²) in [6.07, 6.45) is 0.690. The first-order valence-corrected chi connectivity index (χ1v) is 6.88. The van der Waals surface area contributed by atoms with Crippen LogP contribution in [0.5, 0.6) is 0 Å². The van der Waals surface area contributed by atoms with Gasteiger partial charge in [-0.05, 0) is 25.5 Å². The van der Waals surface area contributed by atoms with Crippen LogP contribution < -0.4 is 5.56 Å². The van der Waals surface area contributed by atoms with E-state index in [1.165, 1.54) is 10.6 Å². The first kappa shape index (κ1) is 15.3. The van der Waals surface area contributed by atoms with Crippen LogP contribution in [0.3, 0.4) is 0 Å². The zero-order chi connectivity index (χ0) is 15.7. The van der Waals surface area contributed by atoms with Gasteiger partial charge in [-0.15, -0.1) is 0 Å². The van der Waals surface area contributed by atoms with Crippen LogP contribution in [-0.4, -0.2) is 25.4 Å². The maximum absolute atomic E-state index is 12.2. The van der Waals surface area contributed by atoms with Crippen LogP contribution in [0, 0.1) is 6.92 Å². The summed E-state index contributed by atoms with van der Waals surface area (Å²) in [4.78, 5) is 23.3. The van der Waals surface area contributed by atoms with Gasteiger partial charge in [-0.3, -0.25) is 9.48 Å². The lowest BCUT2D eigenvalue weighted by Gasteiger charge is -2.11. The molecule has 0 radical (unpaired) electrons. The molecule has 2 rings (SSSR count). The van der Waals surface area contributed by atoms with Gasteiger partial charge in [0.1, 0.15) is 5.56 Å². The number of pyridine rings is 1.